The van der Waals surface area contributed by atoms with E-state index in [-0.39, 0.29) is 67.2 Å². The first-order valence-corrected chi connectivity index (χ1v) is 25.2. The molecule has 2 aromatic heterocycles. The van der Waals surface area contributed by atoms with Gasteiger partial charge in [0.15, 0.2) is 11.7 Å². The summed E-state index contributed by atoms with van der Waals surface area (Å²) in [5.41, 5.74) is 3.86. The maximum Gasteiger partial charge on any atom is 0.330 e. The Labute approximate surface area is 414 Å². The number of carbonyl (C=O) groups excluding carboxylic acids is 1. The Hall–Kier alpha value is -3.81. The van der Waals surface area contributed by atoms with Crippen LogP contribution in [0.3, 0.4) is 0 Å². The van der Waals surface area contributed by atoms with Crippen molar-refractivity contribution in [3.8, 4) is 0 Å². The lowest BCUT2D eigenvalue weighted by Gasteiger charge is -2.44. The molecule has 8 bridgehead atoms. The van der Waals surface area contributed by atoms with E-state index in [0.717, 1.165) is 16.7 Å². The molecule has 378 valence electrons. The van der Waals surface area contributed by atoms with Gasteiger partial charge in [-0.25, -0.2) is 14.8 Å². The fourth-order valence-electron chi connectivity index (χ4n) is 10.4. The molecule has 7 rings (SSSR count). The topological polar surface area (TPSA) is 194 Å². The minimum Gasteiger partial charge on any atom is -0.458 e. The van der Waals surface area contributed by atoms with Crippen LogP contribution < -0.4 is 0 Å². The number of methoxy groups -OCH3 is 2. The summed E-state index contributed by atoms with van der Waals surface area (Å²) in [6.45, 7) is 12.2. The summed E-state index contributed by atoms with van der Waals surface area (Å²) in [4.78, 5) is 24.8. The summed E-state index contributed by atoms with van der Waals surface area (Å²) < 4.78 is 55.2. The lowest BCUT2D eigenvalue weighted by molar-refractivity contribution is -0.286. The number of allylic oxidation sites excluding steroid dienone is 2. The van der Waals surface area contributed by atoms with Gasteiger partial charge in [-0.15, -0.1) is 0 Å². The zero-order valence-corrected chi connectivity index (χ0v) is 42.3. The highest BCUT2D eigenvalue weighted by Crippen LogP contribution is 2.40. The lowest BCUT2D eigenvalue weighted by atomic mass is 9.79. The molecule has 7 heterocycles. The molecule has 0 spiro atoms. The number of esters is 1. The smallest absolute Gasteiger partial charge is 0.330 e. The van der Waals surface area contributed by atoms with Crippen molar-refractivity contribution in [2.75, 3.05) is 14.2 Å². The van der Waals surface area contributed by atoms with Crippen LogP contribution in [-0.4, -0.2) is 118 Å². The quantitative estimate of drug-likeness (QED) is 0.104. The van der Waals surface area contributed by atoms with Gasteiger partial charge < -0.3 is 57.3 Å². The van der Waals surface area contributed by atoms with Gasteiger partial charge in [-0.05, 0) is 75.1 Å². The molecule has 2 aromatic rings. The van der Waals surface area contributed by atoms with Crippen LogP contribution in [0.2, 0.25) is 0 Å². The second kappa shape index (κ2) is 24.5. The normalized spacial score (nSPS) is 35.2. The Kier molecular flexibility index (Phi) is 18.9. The number of ether oxygens (including phenoxy) is 7. The standard InChI is InChI=1S/C53H71BrN2O13/c1-31(16-17-38(61-6)12-10-18-54)21-44(58)47-26-42(62-7)27-53(60,69-47)28-49-55-36(29-63-49)22-33(3)51-35(5)52-34(4)45(67-51)13-9-14-48-56-43(30-64-48)46-24-37(57)23-41(66-46)25-40-20-32(2)19-39(65-40)11-8-15-50(59)68-52/h8-10,14-18,21-22,29-30,34-35,37-42,44-47,51-52,57-58,60H,2,11-13,19-20,23-28H2,1,3-7H3/t34-,35-,37+,38+,39-,40+,41-,42+,44+,45+,46+,47+,51-,52-,53-/m0/s1. The fourth-order valence-corrected chi connectivity index (χ4v) is 10.6. The summed E-state index contributed by atoms with van der Waals surface area (Å²) in [6.07, 6.45) is 19.5. The number of nitrogens with zero attached hydrogens (tertiary/aromatic N) is 2. The maximum absolute atomic E-state index is 13.6. The van der Waals surface area contributed by atoms with E-state index in [2.05, 4.69) is 22.5 Å². The molecule has 5 aliphatic heterocycles. The van der Waals surface area contributed by atoms with Gasteiger partial charge in [0.05, 0.1) is 67.5 Å². The number of aliphatic hydroxyl groups excluding tert-OH is 2. The fraction of sp³-hybridized carbons (Fsp3) is 0.604. The average Bonchev–Trinajstić information content (AvgIpc) is 3.96. The molecule has 16 heteroatoms. The van der Waals surface area contributed by atoms with E-state index < -0.39 is 48.4 Å². The molecule has 15 atom stereocenters. The molecule has 3 N–H and O–H groups in total. The van der Waals surface area contributed by atoms with Crippen molar-refractivity contribution in [2.45, 2.75) is 177 Å². The number of hydrogen-bond acceptors (Lipinski definition) is 15. The molecule has 0 amide bonds. The van der Waals surface area contributed by atoms with Gasteiger partial charge in [0, 0.05) is 57.8 Å². The summed E-state index contributed by atoms with van der Waals surface area (Å²) in [5.74, 6) is -1.95. The summed E-state index contributed by atoms with van der Waals surface area (Å²) >= 11 is 3.28. The van der Waals surface area contributed by atoms with E-state index in [1.807, 2.05) is 64.2 Å². The Balaban J connectivity index is 1.06. The van der Waals surface area contributed by atoms with Crippen LogP contribution in [0.5, 0.6) is 0 Å². The number of fused-ring (bicyclic) bond motifs is 9. The Morgan fingerprint density at radius 2 is 1.78 bits per heavy atom. The van der Waals surface area contributed by atoms with Crippen molar-refractivity contribution in [1.82, 2.24) is 9.97 Å². The molecule has 0 radical (unpaired) electrons. The Bertz CT molecular complexity index is 2210. The molecule has 4 fully saturated rings. The zero-order valence-electron chi connectivity index (χ0n) is 40.7. The third kappa shape index (κ3) is 14.6. The largest absolute Gasteiger partial charge is 0.458 e. The maximum atomic E-state index is 13.6. The van der Waals surface area contributed by atoms with E-state index in [9.17, 15) is 20.1 Å². The number of halogens is 1. The summed E-state index contributed by atoms with van der Waals surface area (Å²) in [7, 11) is 3.22. The number of hydrogen-bond donors (Lipinski definition) is 3. The van der Waals surface area contributed by atoms with Crippen molar-refractivity contribution in [3.63, 3.8) is 0 Å². The third-order valence-corrected chi connectivity index (χ3v) is 14.2. The van der Waals surface area contributed by atoms with Crippen molar-refractivity contribution in [3.05, 3.63) is 107 Å². The molecule has 0 aliphatic carbocycles. The van der Waals surface area contributed by atoms with Crippen LogP contribution in [0, 0.1) is 11.8 Å². The predicted octanol–water partition coefficient (Wildman–Crippen LogP) is 8.76. The van der Waals surface area contributed by atoms with Crippen LogP contribution in [0.4, 0.5) is 0 Å². The van der Waals surface area contributed by atoms with E-state index in [4.69, 9.17) is 52.0 Å². The first-order chi connectivity index (χ1) is 33.1. The number of carbonyl (C=O) groups is 1. The van der Waals surface area contributed by atoms with Crippen molar-refractivity contribution in [1.29, 1.82) is 0 Å². The van der Waals surface area contributed by atoms with Crippen LogP contribution in [-0.2, 0) is 44.4 Å². The minimum atomic E-state index is -1.73. The minimum absolute atomic E-state index is 0.0830. The third-order valence-electron chi connectivity index (χ3n) is 13.9. The van der Waals surface area contributed by atoms with Crippen LogP contribution in [0.1, 0.15) is 121 Å². The molecule has 0 saturated carbocycles. The van der Waals surface area contributed by atoms with E-state index in [1.54, 1.807) is 37.6 Å². The Morgan fingerprint density at radius 1 is 0.986 bits per heavy atom. The van der Waals surface area contributed by atoms with Crippen molar-refractivity contribution < 1.29 is 62.1 Å². The Morgan fingerprint density at radius 3 is 2.57 bits per heavy atom. The second-order valence-corrected chi connectivity index (χ2v) is 20.0. The van der Waals surface area contributed by atoms with Gasteiger partial charge in [0.1, 0.15) is 36.1 Å². The number of oxazole rings is 2. The molecule has 0 aromatic carbocycles. The number of aromatic nitrogens is 2. The van der Waals surface area contributed by atoms with Gasteiger partial charge in [-0.3, -0.25) is 0 Å². The molecule has 0 unspecified atom stereocenters. The van der Waals surface area contributed by atoms with Crippen molar-refractivity contribution >= 4 is 34.1 Å². The molecule has 5 aliphatic rings. The zero-order chi connectivity index (χ0) is 49.2. The van der Waals surface area contributed by atoms with Gasteiger partial charge in [0.25, 0.3) is 0 Å². The van der Waals surface area contributed by atoms with Gasteiger partial charge in [-0.1, -0.05) is 84.0 Å². The van der Waals surface area contributed by atoms with Crippen LogP contribution in [0.15, 0.2) is 92.2 Å². The highest BCUT2D eigenvalue weighted by atomic mass is 79.9. The molecular weight excluding hydrogens is 952 g/mol. The van der Waals surface area contributed by atoms with E-state index in [1.165, 1.54) is 12.3 Å². The summed E-state index contributed by atoms with van der Waals surface area (Å²) in [6, 6.07) is 0. The van der Waals surface area contributed by atoms with Gasteiger partial charge in [0.2, 0.25) is 5.89 Å². The molecule has 69 heavy (non-hydrogen) atoms. The molecule has 4 saturated heterocycles. The monoisotopic (exact) mass is 1020 g/mol. The number of rotatable bonds is 12. The van der Waals surface area contributed by atoms with Crippen LogP contribution >= 0.6 is 15.9 Å². The van der Waals surface area contributed by atoms with Crippen molar-refractivity contribution in [2.24, 2.45) is 11.8 Å². The number of aliphatic hydroxyl groups is 3. The van der Waals surface area contributed by atoms with Gasteiger partial charge in [-0.2, -0.15) is 0 Å². The molecular formula is C53H71BrN2O13. The second-order valence-electron chi connectivity index (χ2n) is 19.5. The first-order valence-electron chi connectivity index (χ1n) is 24.3. The SMILES string of the molecule is C=C1C[C@@H]2C[C@@H]3C[C@@H](O)C[C@@H](O3)c3coc(n3)C=CC[C@H]3O[C@@H](C(C)=Cc4coc(C[C@]5(O)C[C@H](OC)C[C@H]([C@H](O)C=C(C)C=C[C@@H](CC=CBr)OC)O5)n4)[C@H](C)[C@@H](OC(=O)C=CC[C@@H](C1)O2)[C@H]3C. The van der Waals surface area contributed by atoms with E-state index >= 15 is 0 Å². The highest BCUT2D eigenvalue weighted by molar-refractivity contribution is 9.11. The highest BCUT2D eigenvalue weighted by Gasteiger charge is 2.45. The molecule has 15 nitrogen and oxygen atoms in total. The van der Waals surface area contributed by atoms with Crippen LogP contribution in [0.25, 0.3) is 12.2 Å². The lowest BCUT2D eigenvalue weighted by Crippen LogP contribution is -2.51. The summed E-state index contributed by atoms with van der Waals surface area (Å²) in [5, 5.41) is 33.9. The average molecular weight is 1020 g/mol. The first kappa shape index (κ1) is 53.0. The van der Waals surface area contributed by atoms with E-state index in [0.29, 0.717) is 75.1 Å². The van der Waals surface area contributed by atoms with Gasteiger partial charge >= 0.3 is 5.97 Å². The predicted molar refractivity (Wildman–Crippen MR) is 261 cm³/mol.